The molecule has 126 valence electrons. The molecule has 0 bridgehead atoms. The number of benzene rings is 1. The molecule has 0 spiro atoms. The molecule has 0 saturated carbocycles. The number of nitrogens with one attached hydrogen (secondary N) is 2. The molecule has 2 N–H and O–H groups in total. The minimum Gasteiger partial charge on any atom is -0.354 e. The van der Waals surface area contributed by atoms with E-state index >= 15 is 0 Å². The third-order valence-corrected chi connectivity index (χ3v) is 3.93. The van der Waals surface area contributed by atoms with Crippen molar-refractivity contribution in [3.63, 3.8) is 0 Å². The normalized spacial score (nSPS) is 10.3. The summed E-state index contributed by atoms with van der Waals surface area (Å²) in [5.74, 6) is -0.269. The van der Waals surface area contributed by atoms with E-state index < -0.39 is 0 Å². The van der Waals surface area contributed by atoms with Crippen LogP contribution in [0.3, 0.4) is 0 Å². The number of halogens is 2. The van der Waals surface area contributed by atoms with E-state index in [0.29, 0.717) is 33.7 Å². The number of carbonyl (C=O) groups excluding carboxylic acids is 1. The van der Waals surface area contributed by atoms with Crippen molar-refractivity contribution < 1.29 is 4.79 Å². The predicted octanol–water partition coefficient (Wildman–Crippen LogP) is 4.46. The highest BCUT2D eigenvalue weighted by atomic mass is 35.5. The fourth-order valence-corrected chi connectivity index (χ4v) is 2.61. The first-order valence-corrected chi connectivity index (χ1v) is 8.22. The Labute approximate surface area is 155 Å². The maximum absolute atomic E-state index is 12.3. The highest BCUT2D eigenvalue weighted by Gasteiger charge is 2.09. The van der Waals surface area contributed by atoms with Crippen LogP contribution in [-0.4, -0.2) is 15.9 Å². The SMILES string of the molecule is O=C(NCc1cccnc1)c1cc(Nc2ccc(Cl)cc2Cl)ccn1. The first kappa shape index (κ1) is 17.2. The van der Waals surface area contributed by atoms with E-state index in [1.807, 2.05) is 12.1 Å². The Morgan fingerprint density at radius 1 is 1.08 bits per heavy atom. The lowest BCUT2D eigenvalue weighted by molar-refractivity contribution is 0.0946. The van der Waals surface area contributed by atoms with Crippen molar-refractivity contribution in [2.24, 2.45) is 0 Å². The van der Waals surface area contributed by atoms with Crippen molar-refractivity contribution in [2.75, 3.05) is 5.32 Å². The largest absolute Gasteiger partial charge is 0.354 e. The zero-order chi connectivity index (χ0) is 17.6. The zero-order valence-electron chi connectivity index (χ0n) is 13.0. The molecule has 1 aromatic carbocycles. The smallest absolute Gasteiger partial charge is 0.270 e. The van der Waals surface area contributed by atoms with Gasteiger partial charge in [0, 0.05) is 35.8 Å². The molecule has 3 rings (SSSR count). The number of nitrogens with zero attached hydrogens (tertiary/aromatic N) is 2. The number of hydrogen-bond acceptors (Lipinski definition) is 4. The summed E-state index contributed by atoms with van der Waals surface area (Å²) in [5, 5.41) is 7.01. The molecule has 0 aliphatic rings. The second kappa shape index (κ2) is 7.96. The van der Waals surface area contributed by atoms with Crippen molar-refractivity contribution in [1.29, 1.82) is 0 Å². The molecule has 0 radical (unpaired) electrons. The Morgan fingerprint density at radius 3 is 2.72 bits per heavy atom. The van der Waals surface area contributed by atoms with Crippen molar-refractivity contribution in [2.45, 2.75) is 6.54 Å². The summed E-state index contributed by atoms with van der Waals surface area (Å²) in [6.45, 7) is 0.384. The average Bonchev–Trinajstić information content (AvgIpc) is 2.63. The standard InChI is InChI=1S/C18H14Cl2N4O/c19-13-3-4-16(15(20)8-13)24-14-5-7-22-17(9-14)18(25)23-11-12-2-1-6-21-10-12/h1-10H,11H2,(H,22,24)(H,23,25). The monoisotopic (exact) mass is 372 g/mol. The Morgan fingerprint density at radius 2 is 1.96 bits per heavy atom. The first-order valence-electron chi connectivity index (χ1n) is 7.47. The molecule has 5 nitrogen and oxygen atoms in total. The van der Waals surface area contributed by atoms with E-state index in [0.717, 1.165) is 5.56 Å². The summed E-state index contributed by atoms with van der Waals surface area (Å²) in [6.07, 6.45) is 4.95. The number of pyridine rings is 2. The average molecular weight is 373 g/mol. The van der Waals surface area contributed by atoms with Crippen molar-refractivity contribution in [1.82, 2.24) is 15.3 Å². The van der Waals surface area contributed by atoms with Gasteiger partial charge >= 0.3 is 0 Å². The van der Waals surface area contributed by atoms with Crippen molar-refractivity contribution >= 4 is 40.5 Å². The molecule has 2 aromatic heterocycles. The van der Waals surface area contributed by atoms with Gasteiger partial charge in [0.1, 0.15) is 5.69 Å². The molecule has 0 saturated heterocycles. The number of carbonyl (C=O) groups is 1. The lowest BCUT2D eigenvalue weighted by Gasteiger charge is -2.10. The van der Waals surface area contributed by atoms with Crippen LogP contribution in [0.25, 0.3) is 0 Å². The third-order valence-electron chi connectivity index (χ3n) is 3.38. The molecule has 1 amide bonds. The number of aromatic nitrogens is 2. The van der Waals surface area contributed by atoms with Crippen LogP contribution in [0, 0.1) is 0 Å². The number of amides is 1. The van der Waals surface area contributed by atoms with E-state index in [2.05, 4.69) is 20.6 Å². The van der Waals surface area contributed by atoms with Crippen LogP contribution >= 0.6 is 23.2 Å². The quantitative estimate of drug-likeness (QED) is 0.693. The first-order chi connectivity index (χ1) is 12.1. The van der Waals surface area contributed by atoms with Crippen molar-refractivity contribution in [3.05, 3.63) is 82.4 Å². The van der Waals surface area contributed by atoms with Crippen LogP contribution < -0.4 is 10.6 Å². The van der Waals surface area contributed by atoms with Crippen LogP contribution in [0.2, 0.25) is 10.0 Å². The summed E-state index contributed by atoms with van der Waals surface area (Å²) in [6, 6.07) is 12.3. The van der Waals surface area contributed by atoms with E-state index in [9.17, 15) is 4.79 Å². The Kier molecular flexibility index (Phi) is 5.48. The van der Waals surface area contributed by atoms with Gasteiger partial charge in [-0.1, -0.05) is 29.3 Å². The van der Waals surface area contributed by atoms with Crippen molar-refractivity contribution in [3.8, 4) is 0 Å². The van der Waals surface area contributed by atoms with Gasteiger partial charge in [0.25, 0.3) is 5.91 Å². The lowest BCUT2D eigenvalue weighted by atomic mass is 10.2. The minimum absolute atomic E-state index is 0.269. The number of rotatable bonds is 5. The second-order valence-electron chi connectivity index (χ2n) is 5.22. The van der Waals surface area contributed by atoms with E-state index in [4.69, 9.17) is 23.2 Å². The molecule has 0 aliphatic heterocycles. The van der Waals surface area contributed by atoms with Gasteiger partial charge < -0.3 is 10.6 Å². The molecule has 25 heavy (non-hydrogen) atoms. The molecule has 7 heteroatoms. The van der Waals surface area contributed by atoms with Gasteiger partial charge in [0.2, 0.25) is 0 Å². The van der Waals surface area contributed by atoms with E-state index in [-0.39, 0.29) is 5.91 Å². The molecule has 0 fully saturated rings. The maximum atomic E-state index is 12.3. The van der Waals surface area contributed by atoms with Gasteiger partial charge in [-0.05, 0) is 42.0 Å². The molecule has 2 heterocycles. The predicted molar refractivity (Wildman–Crippen MR) is 99.4 cm³/mol. The van der Waals surface area contributed by atoms with Gasteiger partial charge in [-0.25, -0.2) is 0 Å². The van der Waals surface area contributed by atoms with Gasteiger partial charge in [0.15, 0.2) is 0 Å². The van der Waals surface area contributed by atoms with Crippen LogP contribution in [0.4, 0.5) is 11.4 Å². The molecule has 0 atom stereocenters. The van der Waals surface area contributed by atoms with Crippen LogP contribution in [0.5, 0.6) is 0 Å². The molecule has 3 aromatic rings. The van der Waals surface area contributed by atoms with Crippen LogP contribution in [0.15, 0.2) is 61.1 Å². The van der Waals surface area contributed by atoms with Gasteiger partial charge in [0.05, 0.1) is 10.7 Å². The minimum atomic E-state index is -0.269. The van der Waals surface area contributed by atoms with Crippen LogP contribution in [-0.2, 0) is 6.54 Å². The Hall–Kier alpha value is -2.63. The summed E-state index contributed by atoms with van der Waals surface area (Å²) in [7, 11) is 0. The summed E-state index contributed by atoms with van der Waals surface area (Å²) in [4.78, 5) is 20.4. The Balaban J connectivity index is 1.69. The number of hydrogen-bond donors (Lipinski definition) is 2. The molecule has 0 unspecified atom stereocenters. The fourth-order valence-electron chi connectivity index (χ4n) is 2.15. The molecular formula is C18H14Cl2N4O. The Bertz CT molecular complexity index is 887. The topological polar surface area (TPSA) is 66.9 Å². The highest BCUT2D eigenvalue weighted by Crippen LogP contribution is 2.28. The van der Waals surface area contributed by atoms with Crippen LogP contribution in [0.1, 0.15) is 16.1 Å². The van der Waals surface area contributed by atoms with E-state index in [1.54, 1.807) is 48.9 Å². The maximum Gasteiger partial charge on any atom is 0.270 e. The fraction of sp³-hybridized carbons (Fsp3) is 0.0556. The summed E-state index contributed by atoms with van der Waals surface area (Å²) < 4.78 is 0. The van der Waals surface area contributed by atoms with Gasteiger partial charge in [-0.2, -0.15) is 0 Å². The second-order valence-corrected chi connectivity index (χ2v) is 6.07. The van der Waals surface area contributed by atoms with Gasteiger partial charge in [-0.15, -0.1) is 0 Å². The zero-order valence-corrected chi connectivity index (χ0v) is 14.6. The highest BCUT2D eigenvalue weighted by molar-refractivity contribution is 6.36. The van der Waals surface area contributed by atoms with Gasteiger partial charge in [-0.3, -0.25) is 14.8 Å². The molecular weight excluding hydrogens is 359 g/mol. The third kappa shape index (κ3) is 4.68. The number of anilines is 2. The summed E-state index contributed by atoms with van der Waals surface area (Å²) in [5.41, 5.74) is 2.61. The lowest BCUT2D eigenvalue weighted by Crippen LogP contribution is -2.23. The van der Waals surface area contributed by atoms with E-state index in [1.165, 1.54) is 0 Å². The summed E-state index contributed by atoms with van der Waals surface area (Å²) >= 11 is 12.0. The molecule has 0 aliphatic carbocycles.